The van der Waals surface area contributed by atoms with Crippen molar-refractivity contribution in [2.24, 2.45) is 0 Å². The van der Waals surface area contributed by atoms with Crippen LogP contribution in [0.2, 0.25) is 0 Å². The van der Waals surface area contributed by atoms with Gasteiger partial charge in [-0.15, -0.1) is 0 Å². The van der Waals surface area contributed by atoms with E-state index >= 15 is 0 Å². The summed E-state index contributed by atoms with van der Waals surface area (Å²) >= 11 is 0. The number of benzene rings is 8. The molecule has 0 saturated heterocycles. The first-order valence-corrected chi connectivity index (χ1v) is 17.4. The van der Waals surface area contributed by atoms with Crippen LogP contribution in [0.3, 0.4) is 0 Å². The van der Waals surface area contributed by atoms with E-state index in [2.05, 4.69) is 191 Å². The van der Waals surface area contributed by atoms with E-state index in [1.165, 1.54) is 43.9 Å². The van der Waals surface area contributed by atoms with Gasteiger partial charge in [-0.05, 0) is 82.9 Å². The van der Waals surface area contributed by atoms with Gasteiger partial charge < -0.3 is 13.6 Å². The number of aromatic nitrogens is 2. The third kappa shape index (κ3) is 4.12. The maximum absolute atomic E-state index is 6.93. The molecule has 0 radical (unpaired) electrons. The zero-order valence-electron chi connectivity index (χ0n) is 27.6. The first-order valence-electron chi connectivity index (χ1n) is 17.4. The Bertz CT molecular complexity index is 3110. The largest absolute Gasteiger partial charge is 0.455 e. The van der Waals surface area contributed by atoms with Crippen LogP contribution in [-0.4, -0.2) is 9.13 Å². The van der Waals surface area contributed by atoms with Gasteiger partial charge in [-0.1, -0.05) is 121 Å². The van der Waals surface area contributed by atoms with Crippen molar-refractivity contribution < 1.29 is 4.42 Å². The standard InChI is InChI=1S/C48H30N2O/c1-3-12-31(13-4-1)33-22-24-35(25-23-33)49-41-21-10-8-19-38(41)46-43(49)27-26-39-47-44(51-48(39)46)29-28-42-45(47)37-18-7-9-20-40(37)50(42)36-17-11-16-34(30-36)32-14-5-2-6-15-32/h1-30H. The molecule has 0 bridgehead atoms. The summed E-state index contributed by atoms with van der Waals surface area (Å²) in [6.45, 7) is 0. The first kappa shape index (κ1) is 28.0. The topological polar surface area (TPSA) is 23.0 Å². The van der Waals surface area contributed by atoms with Crippen LogP contribution in [0.25, 0.3) is 99.2 Å². The molecule has 0 fully saturated rings. The van der Waals surface area contributed by atoms with Gasteiger partial charge in [-0.25, -0.2) is 0 Å². The highest BCUT2D eigenvalue weighted by Gasteiger charge is 2.22. The fourth-order valence-electron chi connectivity index (χ4n) is 8.28. The van der Waals surface area contributed by atoms with Gasteiger partial charge >= 0.3 is 0 Å². The van der Waals surface area contributed by atoms with Gasteiger partial charge in [0.25, 0.3) is 0 Å². The Morgan fingerprint density at radius 2 is 0.863 bits per heavy atom. The number of hydrogen-bond donors (Lipinski definition) is 0. The van der Waals surface area contributed by atoms with Crippen molar-refractivity contribution in [3.63, 3.8) is 0 Å². The monoisotopic (exact) mass is 650 g/mol. The lowest BCUT2D eigenvalue weighted by atomic mass is 10.0. The summed E-state index contributed by atoms with van der Waals surface area (Å²) in [7, 11) is 0. The first-order chi connectivity index (χ1) is 25.3. The van der Waals surface area contributed by atoms with E-state index in [9.17, 15) is 0 Å². The molecular formula is C48H30N2O. The molecule has 8 aromatic carbocycles. The van der Waals surface area contributed by atoms with Gasteiger partial charge in [0.05, 0.1) is 27.5 Å². The minimum absolute atomic E-state index is 0.898. The number of nitrogens with zero attached hydrogens (tertiary/aromatic N) is 2. The van der Waals surface area contributed by atoms with Crippen LogP contribution in [0.1, 0.15) is 0 Å². The van der Waals surface area contributed by atoms with Crippen LogP contribution in [0.5, 0.6) is 0 Å². The summed E-state index contributed by atoms with van der Waals surface area (Å²) in [6.07, 6.45) is 0. The Morgan fingerprint density at radius 3 is 1.59 bits per heavy atom. The normalized spacial score (nSPS) is 11.9. The molecule has 0 spiro atoms. The molecule has 0 aliphatic carbocycles. The Kier molecular flexibility index (Phi) is 5.96. The van der Waals surface area contributed by atoms with E-state index in [1.807, 2.05) is 0 Å². The number of furan rings is 1. The Balaban J connectivity index is 1.17. The Hall–Kier alpha value is -6.84. The summed E-state index contributed by atoms with van der Waals surface area (Å²) < 4.78 is 11.7. The Labute approximate surface area is 293 Å². The maximum atomic E-state index is 6.93. The molecule has 3 heteroatoms. The highest BCUT2D eigenvalue weighted by atomic mass is 16.3. The molecular weight excluding hydrogens is 621 g/mol. The molecule has 0 amide bonds. The molecule has 11 rings (SSSR count). The van der Waals surface area contributed by atoms with Crippen LogP contribution >= 0.6 is 0 Å². The summed E-state index contributed by atoms with van der Waals surface area (Å²) in [6, 6.07) is 65.2. The van der Waals surface area contributed by atoms with Gasteiger partial charge in [-0.2, -0.15) is 0 Å². The lowest BCUT2D eigenvalue weighted by Gasteiger charge is -2.10. The van der Waals surface area contributed by atoms with Crippen LogP contribution in [-0.2, 0) is 0 Å². The molecule has 51 heavy (non-hydrogen) atoms. The van der Waals surface area contributed by atoms with Crippen molar-refractivity contribution in [2.45, 2.75) is 0 Å². The van der Waals surface area contributed by atoms with Gasteiger partial charge in [0, 0.05) is 38.3 Å². The second kappa shape index (κ2) is 10.8. The molecule has 0 N–H and O–H groups in total. The average molecular weight is 651 g/mol. The number of para-hydroxylation sites is 2. The molecule has 0 unspecified atom stereocenters. The molecule has 3 heterocycles. The molecule has 238 valence electrons. The lowest BCUT2D eigenvalue weighted by Crippen LogP contribution is -1.94. The zero-order valence-corrected chi connectivity index (χ0v) is 27.6. The van der Waals surface area contributed by atoms with E-state index in [0.717, 1.165) is 55.2 Å². The molecule has 3 nitrogen and oxygen atoms in total. The highest BCUT2D eigenvalue weighted by molar-refractivity contribution is 6.31. The molecule has 0 aliphatic heterocycles. The van der Waals surface area contributed by atoms with Gasteiger partial charge in [0.1, 0.15) is 11.2 Å². The molecule has 0 aliphatic rings. The highest BCUT2D eigenvalue weighted by Crippen LogP contribution is 2.45. The predicted molar refractivity (Wildman–Crippen MR) is 213 cm³/mol. The molecule has 11 aromatic rings. The molecule has 0 atom stereocenters. The van der Waals surface area contributed by atoms with Crippen molar-refractivity contribution in [1.82, 2.24) is 9.13 Å². The van der Waals surface area contributed by atoms with E-state index in [0.29, 0.717) is 0 Å². The minimum atomic E-state index is 0.898. The third-order valence-corrected chi connectivity index (χ3v) is 10.5. The van der Waals surface area contributed by atoms with Crippen LogP contribution in [0, 0.1) is 0 Å². The fraction of sp³-hybridized carbons (Fsp3) is 0. The summed E-state index contributed by atoms with van der Waals surface area (Å²) in [5.41, 5.74) is 13.5. The van der Waals surface area contributed by atoms with Crippen molar-refractivity contribution in [1.29, 1.82) is 0 Å². The van der Waals surface area contributed by atoms with Crippen LogP contribution in [0.15, 0.2) is 186 Å². The summed E-state index contributed by atoms with van der Waals surface area (Å²) in [5.74, 6) is 0. The second-order valence-electron chi connectivity index (χ2n) is 13.3. The van der Waals surface area contributed by atoms with E-state index in [-0.39, 0.29) is 0 Å². The van der Waals surface area contributed by atoms with Crippen molar-refractivity contribution in [3.05, 3.63) is 182 Å². The van der Waals surface area contributed by atoms with Gasteiger partial charge in [0.2, 0.25) is 0 Å². The number of hydrogen-bond acceptors (Lipinski definition) is 1. The predicted octanol–water partition coefficient (Wildman–Crippen LogP) is 13.1. The van der Waals surface area contributed by atoms with Crippen molar-refractivity contribution in [2.75, 3.05) is 0 Å². The smallest absolute Gasteiger partial charge is 0.145 e. The zero-order chi connectivity index (χ0) is 33.5. The SMILES string of the molecule is c1ccc(-c2ccc(-n3c4ccccc4c4c5oc6ccc7c(c8ccccc8n7-c7cccc(-c8ccccc8)c7)c6c5ccc43)cc2)cc1. The van der Waals surface area contributed by atoms with E-state index in [4.69, 9.17) is 4.42 Å². The number of rotatable bonds is 4. The molecule has 0 saturated carbocycles. The number of fused-ring (bicyclic) bond motifs is 11. The van der Waals surface area contributed by atoms with E-state index < -0.39 is 0 Å². The van der Waals surface area contributed by atoms with Crippen molar-refractivity contribution >= 4 is 65.6 Å². The summed E-state index contributed by atoms with van der Waals surface area (Å²) in [4.78, 5) is 0. The fourth-order valence-corrected chi connectivity index (χ4v) is 8.28. The lowest BCUT2D eigenvalue weighted by molar-refractivity contribution is 0.673. The van der Waals surface area contributed by atoms with E-state index in [1.54, 1.807) is 0 Å². The van der Waals surface area contributed by atoms with Crippen molar-refractivity contribution in [3.8, 4) is 33.6 Å². The quantitative estimate of drug-likeness (QED) is 0.186. The average Bonchev–Trinajstić information content (AvgIpc) is 3.86. The van der Waals surface area contributed by atoms with Crippen LogP contribution in [0.4, 0.5) is 0 Å². The summed E-state index contributed by atoms with van der Waals surface area (Å²) in [5, 5.41) is 7.03. The minimum Gasteiger partial charge on any atom is -0.455 e. The maximum Gasteiger partial charge on any atom is 0.145 e. The van der Waals surface area contributed by atoms with Gasteiger partial charge in [0.15, 0.2) is 0 Å². The Morgan fingerprint density at radius 1 is 0.314 bits per heavy atom. The van der Waals surface area contributed by atoms with Crippen LogP contribution < -0.4 is 0 Å². The van der Waals surface area contributed by atoms with Gasteiger partial charge in [-0.3, -0.25) is 0 Å². The third-order valence-electron chi connectivity index (χ3n) is 10.5. The second-order valence-corrected chi connectivity index (χ2v) is 13.3. The molecule has 3 aromatic heterocycles.